The molecule has 0 spiro atoms. The number of thiophene rings is 1. The number of rotatable bonds is 9. The van der Waals surface area contributed by atoms with Crippen LogP contribution >= 0.6 is 11.3 Å². The molecule has 2 heterocycles. The molecular formula is C21H26N2O4S. The molecule has 6 nitrogen and oxygen atoms in total. The Kier molecular flexibility index (Phi) is 7.34. The van der Waals surface area contributed by atoms with E-state index in [-0.39, 0.29) is 31.4 Å². The normalized spacial score (nSPS) is 10.6. The average molecular weight is 403 g/mol. The largest absolute Gasteiger partial charge is 0.461 e. The number of nitrogens with zero attached hydrogens (tertiary/aromatic N) is 2. The minimum absolute atomic E-state index is 0.0829. The van der Waals surface area contributed by atoms with Crippen LogP contribution in [0.25, 0.3) is 0 Å². The lowest BCUT2D eigenvalue weighted by Crippen LogP contribution is -2.35. The van der Waals surface area contributed by atoms with Gasteiger partial charge in [0.15, 0.2) is 5.78 Å². The summed E-state index contributed by atoms with van der Waals surface area (Å²) in [5.74, 6) is -0.861. The van der Waals surface area contributed by atoms with Crippen molar-refractivity contribution in [2.75, 3.05) is 19.7 Å². The van der Waals surface area contributed by atoms with Gasteiger partial charge in [0.1, 0.15) is 5.69 Å². The van der Waals surface area contributed by atoms with Crippen LogP contribution in [0.5, 0.6) is 0 Å². The Morgan fingerprint density at radius 1 is 1.29 bits per heavy atom. The van der Waals surface area contributed by atoms with Crippen LogP contribution in [0.1, 0.15) is 55.6 Å². The highest BCUT2D eigenvalue weighted by atomic mass is 32.1. The van der Waals surface area contributed by atoms with Gasteiger partial charge in [-0.3, -0.25) is 9.59 Å². The molecule has 7 heteroatoms. The van der Waals surface area contributed by atoms with Crippen molar-refractivity contribution in [1.29, 1.82) is 0 Å². The number of esters is 1. The van der Waals surface area contributed by atoms with E-state index in [0.717, 1.165) is 0 Å². The summed E-state index contributed by atoms with van der Waals surface area (Å²) in [6.45, 7) is 11.9. The van der Waals surface area contributed by atoms with Crippen molar-refractivity contribution in [1.82, 2.24) is 9.47 Å². The lowest BCUT2D eigenvalue weighted by atomic mass is 10.1. The van der Waals surface area contributed by atoms with Crippen molar-refractivity contribution in [3.05, 3.63) is 57.6 Å². The number of carbonyl (C=O) groups is 3. The second-order valence-electron chi connectivity index (χ2n) is 6.27. The predicted molar refractivity (Wildman–Crippen MR) is 110 cm³/mol. The zero-order valence-electron chi connectivity index (χ0n) is 16.8. The molecule has 0 aliphatic carbocycles. The van der Waals surface area contributed by atoms with Gasteiger partial charge in [0.05, 0.1) is 18.0 Å². The second-order valence-corrected chi connectivity index (χ2v) is 7.22. The quantitative estimate of drug-likeness (QED) is 0.363. The van der Waals surface area contributed by atoms with Gasteiger partial charge in [-0.05, 0) is 44.7 Å². The zero-order valence-corrected chi connectivity index (χ0v) is 17.6. The fourth-order valence-corrected chi connectivity index (χ4v) is 4.04. The van der Waals surface area contributed by atoms with Crippen molar-refractivity contribution in [2.45, 2.75) is 34.2 Å². The molecule has 0 unspecified atom stereocenters. The third kappa shape index (κ3) is 4.25. The van der Waals surface area contributed by atoms with E-state index in [4.69, 9.17) is 4.74 Å². The maximum Gasteiger partial charge on any atom is 0.355 e. The molecule has 0 radical (unpaired) electrons. The fourth-order valence-electron chi connectivity index (χ4n) is 3.35. The Morgan fingerprint density at radius 2 is 2.00 bits per heavy atom. The van der Waals surface area contributed by atoms with Crippen molar-refractivity contribution >= 4 is 29.0 Å². The SMILES string of the molecule is C=CCN(CC(=O)c1c(C)c(C(=O)OCC)n(CC)c1C)C(=O)c1cccs1. The highest BCUT2D eigenvalue weighted by molar-refractivity contribution is 7.12. The molecule has 150 valence electrons. The number of aromatic nitrogens is 1. The van der Waals surface area contributed by atoms with Crippen LogP contribution in [0.3, 0.4) is 0 Å². The van der Waals surface area contributed by atoms with Crippen LogP contribution < -0.4 is 0 Å². The van der Waals surface area contributed by atoms with Crippen molar-refractivity contribution in [3.8, 4) is 0 Å². The number of carbonyl (C=O) groups excluding carboxylic acids is 3. The Morgan fingerprint density at radius 3 is 2.54 bits per heavy atom. The van der Waals surface area contributed by atoms with Gasteiger partial charge in [-0.15, -0.1) is 17.9 Å². The molecule has 0 aliphatic heterocycles. The van der Waals surface area contributed by atoms with Crippen molar-refractivity contribution in [2.24, 2.45) is 0 Å². The van der Waals surface area contributed by atoms with Crippen LogP contribution in [-0.2, 0) is 11.3 Å². The highest BCUT2D eigenvalue weighted by Gasteiger charge is 2.28. The first-order chi connectivity index (χ1) is 13.4. The summed E-state index contributed by atoms with van der Waals surface area (Å²) in [7, 11) is 0. The molecule has 0 N–H and O–H groups in total. The Balaban J connectivity index is 2.38. The van der Waals surface area contributed by atoms with E-state index < -0.39 is 5.97 Å². The monoisotopic (exact) mass is 402 g/mol. The minimum Gasteiger partial charge on any atom is -0.461 e. The predicted octanol–water partition coefficient (Wildman–Crippen LogP) is 3.87. The summed E-state index contributed by atoms with van der Waals surface area (Å²) in [6.07, 6.45) is 1.60. The molecule has 2 rings (SSSR count). The third-order valence-electron chi connectivity index (χ3n) is 4.53. The molecule has 2 aromatic rings. The number of hydrogen-bond donors (Lipinski definition) is 0. The number of amides is 1. The van der Waals surface area contributed by atoms with Crippen LogP contribution in [0.4, 0.5) is 0 Å². The van der Waals surface area contributed by atoms with Crippen LogP contribution in [0.2, 0.25) is 0 Å². The minimum atomic E-state index is -0.443. The zero-order chi connectivity index (χ0) is 20.8. The van der Waals surface area contributed by atoms with Gasteiger partial charge < -0.3 is 14.2 Å². The first-order valence-electron chi connectivity index (χ1n) is 9.20. The summed E-state index contributed by atoms with van der Waals surface area (Å²) >= 11 is 1.33. The topological polar surface area (TPSA) is 68.6 Å². The lowest BCUT2D eigenvalue weighted by molar-refractivity contribution is 0.0512. The summed E-state index contributed by atoms with van der Waals surface area (Å²) < 4.78 is 6.95. The number of hydrogen-bond acceptors (Lipinski definition) is 5. The molecule has 0 bridgehead atoms. The van der Waals surface area contributed by atoms with E-state index in [0.29, 0.717) is 33.9 Å². The van der Waals surface area contributed by atoms with Crippen LogP contribution in [0, 0.1) is 13.8 Å². The molecule has 0 atom stereocenters. The van der Waals surface area contributed by atoms with E-state index in [2.05, 4.69) is 6.58 Å². The molecule has 2 aromatic heterocycles. The van der Waals surface area contributed by atoms with E-state index in [9.17, 15) is 14.4 Å². The molecule has 0 saturated heterocycles. The van der Waals surface area contributed by atoms with Crippen molar-refractivity contribution in [3.63, 3.8) is 0 Å². The summed E-state index contributed by atoms with van der Waals surface area (Å²) in [5, 5.41) is 1.82. The Labute approximate surface area is 169 Å². The van der Waals surface area contributed by atoms with Gasteiger partial charge in [-0.25, -0.2) is 4.79 Å². The van der Waals surface area contributed by atoms with E-state index >= 15 is 0 Å². The Hall–Kier alpha value is -2.67. The molecule has 0 fully saturated rings. The third-order valence-corrected chi connectivity index (χ3v) is 5.39. The van der Waals surface area contributed by atoms with E-state index in [1.54, 1.807) is 36.6 Å². The molecular weight excluding hydrogens is 376 g/mol. The first kappa shape index (κ1) is 21.6. The van der Waals surface area contributed by atoms with Crippen LogP contribution in [-0.4, -0.2) is 46.8 Å². The van der Waals surface area contributed by atoms with Crippen LogP contribution in [0.15, 0.2) is 30.2 Å². The van der Waals surface area contributed by atoms with Gasteiger partial charge in [0.2, 0.25) is 0 Å². The number of Topliss-reactive ketones (excluding diaryl/α,β-unsaturated/α-hetero) is 1. The van der Waals surface area contributed by atoms with Gasteiger partial charge in [-0.1, -0.05) is 12.1 Å². The summed E-state index contributed by atoms with van der Waals surface area (Å²) in [6, 6.07) is 3.53. The maximum absolute atomic E-state index is 13.1. The Bertz CT molecular complexity index is 881. The highest BCUT2D eigenvalue weighted by Crippen LogP contribution is 2.24. The smallest absolute Gasteiger partial charge is 0.355 e. The van der Waals surface area contributed by atoms with E-state index in [1.165, 1.54) is 16.2 Å². The molecule has 0 aliphatic rings. The molecule has 28 heavy (non-hydrogen) atoms. The summed E-state index contributed by atoms with van der Waals surface area (Å²) in [4.78, 5) is 40.3. The standard InChI is InChI=1S/C21H26N2O4S/c1-6-11-22(20(25)17-10-9-12-28-17)13-16(24)18-14(4)19(21(26)27-8-3)23(7-2)15(18)5/h6,9-10,12H,1,7-8,11,13H2,2-5H3. The molecule has 0 saturated carbocycles. The van der Waals surface area contributed by atoms with Gasteiger partial charge in [-0.2, -0.15) is 0 Å². The summed E-state index contributed by atoms with van der Waals surface area (Å²) in [5.41, 5.74) is 2.16. The van der Waals surface area contributed by atoms with Crippen molar-refractivity contribution < 1.29 is 19.1 Å². The molecule has 0 aromatic carbocycles. The first-order valence-corrected chi connectivity index (χ1v) is 10.1. The van der Waals surface area contributed by atoms with Gasteiger partial charge in [0.25, 0.3) is 5.91 Å². The lowest BCUT2D eigenvalue weighted by Gasteiger charge is -2.20. The van der Waals surface area contributed by atoms with E-state index in [1.807, 2.05) is 19.2 Å². The average Bonchev–Trinajstić information content (AvgIpc) is 3.27. The number of ketones is 1. The fraction of sp³-hybridized carbons (Fsp3) is 0.381. The molecule has 1 amide bonds. The van der Waals surface area contributed by atoms with Gasteiger partial charge >= 0.3 is 5.97 Å². The number of ether oxygens (including phenoxy) is 1. The second kappa shape index (κ2) is 9.50. The maximum atomic E-state index is 13.1. The van der Waals surface area contributed by atoms with Gasteiger partial charge in [0, 0.05) is 24.3 Å².